The molecule has 2 aliphatic heterocycles. The summed E-state index contributed by atoms with van der Waals surface area (Å²) >= 11 is 3.42. The maximum absolute atomic E-state index is 13.8. The highest BCUT2D eigenvalue weighted by Crippen LogP contribution is 2.50. The van der Waals surface area contributed by atoms with Gasteiger partial charge in [-0.1, -0.05) is 46.3 Å². The Morgan fingerprint density at radius 1 is 1.03 bits per heavy atom. The first kappa shape index (κ1) is 23.1. The van der Waals surface area contributed by atoms with Gasteiger partial charge in [-0.05, 0) is 49.4 Å². The van der Waals surface area contributed by atoms with E-state index in [2.05, 4.69) is 15.9 Å². The van der Waals surface area contributed by atoms with Gasteiger partial charge in [-0.15, -0.1) is 0 Å². The summed E-state index contributed by atoms with van der Waals surface area (Å²) in [6, 6.07) is 19.5. The monoisotopic (exact) mass is 536 g/mol. The van der Waals surface area contributed by atoms with E-state index >= 15 is 0 Å². The Bertz CT molecular complexity index is 1310. The Balaban J connectivity index is 1.61. The lowest BCUT2D eigenvalue weighted by atomic mass is 9.90. The number of fused-ring (bicyclic) bond motifs is 1. The minimum absolute atomic E-state index is 0.0333. The molecule has 9 heteroatoms. The Morgan fingerprint density at radius 2 is 1.74 bits per heavy atom. The molecule has 0 spiro atoms. The summed E-state index contributed by atoms with van der Waals surface area (Å²) in [6.45, 7) is 1.83. The number of ether oxygens (including phenoxy) is 1. The van der Waals surface area contributed by atoms with Crippen LogP contribution >= 0.6 is 15.9 Å². The SMILES string of the molecule is CCOC(=O)c1ccccc1N1C(=O)C2ON(c3ccccc3)C(c3cc(Br)ccc3O)C2C1=O. The lowest BCUT2D eigenvalue weighted by molar-refractivity contribution is -0.126. The molecule has 0 bridgehead atoms. The van der Waals surface area contributed by atoms with Crippen molar-refractivity contribution in [1.82, 2.24) is 0 Å². The smallest absolute Gasteiger partial charge is 0.340 e. The zero-order chi connectivity index (χ0) is 24.7. The van der Waals surface area contributed by atoms with Crippen LogP contribution in [-0.4, -0.2) is 35.6 Å². The average molecular weight is 537 g/mol. The number of nitrogens with zero attached hydrogens (tertiary/aromatic N) is 2. The van der Waals surface area contributed by atoms with Gasteiger partial charge >= 0.3 is 5.97 Å². The predicted octanol–water partition coefficient (Wildman–Crippen LogP) is 4.38. The number of rotatable bonds is 5. The van der Waals surface area contributed by atoms with Crippen molar-refractivity contribution in [3.63, 3.8) is 0 Å². The number of halogens is 1. The number of hydrogen-bond donors (Lipinski definition) is 1. The second-order valence-corrected chi connectivity index (χ2v) is 9.03. The summed E-state index contributed by atoms with van der Waals surface area (Å²) in [5.74, 6) is -2.74. The van der Waals surface area contributed by atoms with E-state index in [0.717, 1.165) is 4.90 Å². The summed E-state index contributed by atoms with van der Waals surface area (Å²) in [4.78, 5) is 47.0. The number of imide groups is 1. The van der Waals surface area contributed by atoms with Gasteiger partial charge in [0, 0.05) is 10.0 Å². The van der Waals surface area contributed by atoms with Crippen LogP contribution in [0.25, 0.3) is 0 Å². The number of para-hydroxylation sites is 2. The number of esters is 1. The van der Waals surface area contributed by atoms with E-state index in [-0.39, 0.29) is 23.6 Å². The van der Waals surface area contributed by atoms with E-state index in [1.54, 1.807) is 43.3 Å². The van der Waals surface area contributed by atoms with Crippen molar-refractivity contribution in [2.24, 2.45) is 5.92 Å². The second-order valence-electron chi connectivity index (χ2n) is 8.11. The van der Waals surface area contributed by atoms with Crippen LogP contribution in [0.5, 0.6) is 5.75 Å². The van der Waals surface area contributed by atoms with Crippen LogP contribution in [-0.2, 0) is 19.2 Å². The van der Waals surface area contributed by atoms with E-state index in [1.807, 2.05) is 18.2 Å². The van der Waals surface area contributed by atoms with Crippen molar-refractivity contribution in [3.8, 4) is 5.75 Å². The number of hydrogen-bond acceptors (Lipinski definition) is 7. The Kier molecular flexibility index (Phi) is 6.04. The third kappa shape index (κ3) is 3.86. The summed E-state index contributed by atoms with van der Waals surface area (Å²) in [5.41, 5.74) is 1.31. The highest BCUT2D eigenvalue weighted by Gasteiger charge is 2.61. The molecule has 178 valence electrons. The molecule has 5 rings (SSSR count). The molecule has 2 fully saturated rings. The van der Waals surface area contributed by atoms with Gasteiger partial charge < -0.3 is 9.84 Å². The molecule has 3 aromatic carbocycles. The molecule has 2 heterocycles. The summed E-state index contributed by atoms with van der Waals surface area (Å²) in [7, 11) is 0. The topological polar surface area (TPSA) is 96.4 Å². The molecule has 3 unspecified atom stereocenters. The molecule has 0 radical (unpaired) electrons. The van der Waals surface area contributed by atoms with Gasteiger partial charge in [0.05, 0.1) is 29.6 Å². The fraction of sp³-hybridized carbons (Fsp3) is 0.192. The lowest BCUT2D eigenvalue weighted by Crippen LogP contribution is -2.38. The quantitative estimate of drug-likeness (QED) is 0.381. The number of phenolic OH excluding ortho intramolecular Hbond substituents is 1. The first-order chi connectivity index (χ1) is 16.9. The third-order valence-electron chi connectivity index (χ3n) is 6.07. The van der Waals surface area contributed by atoms with Gasteiger partial charge in [0.25, 0.3) is 5.91 Å². The standard InChI is InChI=1S/C26H21BrN2O6/c1-2-34-26(33)17-10-6-7-11-19(17)28-24(31)21-22(18-14-15(27)12-13-20(18)30)29(35-23(21)25(28)32)16-8-4-3-5-9-16/h3-14,21-23,30H,2H2,1H3. The normalized spacial score (nSPS) is 21.4. The van der Waals surface area contributed by atoms with Crippen molar-refractivity contribution in [1.29, 1.82) is 0 Å². The van der Waals surface area contributed by atoms with Gasteiger partial charge in [-0.3, -0.25) is 14.4 Å². The van der Waals surface area contributed by atoms with Crippen molar-refractivity contribution in [2.75, 3.05) is 16.6 Å². The highest BCUT2D eigenvalue weighted by atomic mass is 79.9. The van der Waals surface area contributed by atoms with Gasteiger partial charge in [-0.2, -0.15) is 0 Å². The van der Waals surface area contributed by atoms with Crippen LogP contribution in [0.15, 0.2) is 77.3 Å². The molecule has 35 heavy (non-hydrogen) atoms. The maximum atomic E-state index is 13.8. The predicted molar refractivity (Wildman–Crippen MR) is 131 cm³/mol. The van der Waals surface area contributed by atoms with Crippen LogP contribution in [0.1, 0.15) is 28.9 Å². The Hall–Kier alpha value is -3.69. The molecule has 2 amide bonds. The number of benzene rings is 3. The van der Waals surface area contributed by atoms with Gasteiger partial charge in [0.2, 0.25) is 5.91 Å². The van der Waals surface area contributed by atoms with Crippen molar-refractivity contribution in [2.45, 2.75) is 19.1 Å². The fourth-order valence-electron chi connectivity index (χ4n) is 4.58. The third-order valence-corrected chi connectivity index (χ3v) is 6.57. The minimum atomic E-state index is -1.14. The summed E-state index contributed by atoms with van der Waals surface area (Å²) in [5, 5.41) is 12.2. The first-order valence-corrected chi connectivity index (χ1v) is 11.8. The molecule has 3 atom stereocenters. The fourth-order valence-corrected chi connectivity index (χ4v) is 4.96. The van der Waals surface area contributed by atoms with Crippen molar-refractivity contribution >= 4 is 45.1 Å². The van der Waals surface area contributed by atoms with Crippen molar-refractivity contribution < 1.29 is 29.1 Å². The summed E-state index contributed by atoms with van der Waals surface area (Å²) in [6.07, 6.45) is -1.14. The number of carbonyl (C=O) groups is 3. The second kappa shape index (κ2) is 9.16. The van der Waals surface area contributed by atoms with Crippen LogP contribution in [0, 0.1) is 5.92 Å². The minimum Gasteiger partial charge on any atom is -0.508 e. The molecule has 0 aromatic heterocycles. The Labute approximate surface area is 209 Å². The molecule has 8 nitrogen and oxygen atoms in total. The molecule has 2 aliphatic rings. The molecule has 3 aromatic rings. The van der Waals surface area contributed by atoms with Crippen molar-refractivity contribution in [3.05, 3.63) is 88.4 Å². The highest BCUT2D eigenvalue weighted by molar-refractivity contribution is 9.10. The average Bonchev–Trinajstić information content (AvgIpc) is 3.37. The number of aromatic hydroxyl groups is 1. The number of phenols is 1. The number of amides is 2. The largest absolute Gasteiger partial charge is 0.508 e. The lowest BCUT2D eigenvalue weighted by Gasteiger charge is -2.29. The van der Waals surface area contributed by atoms with Crippen LogP contribution in [0.2, 0.25) is 0 Å². The van der Waals surface area contributed by atoms with E-state index in [0.29, 0.717) is 15.7 Å². The van der Waals surface area contributed by atoms with E-state index in [4.69, 9.17) is 9.57 Å². The molecule has 0 aliphatic carbocycles. The molecular formula is C26H21BrN2O6. The van der Waals surface area contributed by atoms with E-state index in [9.17, 15) is 19.5 Å². The van der Waals surface area contributed by atoms with Crippen LogP contribution < -0.4 is 9.96 Å². The summed E-state index contributed by atoms with van der Waals surface area (Å²) < 4.78 is 5.82. The Morgan fingerprint density at radius 3 is 2.49 bits per heavy atom. The number of anilines is 2. The zero-order valence-corrected chi connectivity index (χ0v) is 20.2. The zero-order valence-electron chi connectivity index (χ0n) is 18.6. The van der Waals surface area contributed by atoms with Gasteiger partial charge in [0.1, 0.15) is 11.7 Å². The first-order valence-electron chi connectivity index (χ1n) is 11.1. The van der Waals surface area contributed by atoms with E-state index in [1.165, 1.54) is 23.3 Å². The maximum Gasteiger partial charge on any atom is 0.340 e. The molecule has 2 saturated heterocycles. The molecule has 0 saturated carbocycles. The number of hydroxylamine groups is 1. The van der Waals surface area contributed by atoms with Crippen LogP contribution in [0.3, 0.4) is 0 Å². The van der Waals surface area contributed by atoms with Crippen LogP contribution in [0.4, 0.5) is 11.4 Å². The molecule has 1 N–H and O–H groups in total. The number of carbonyl (C=O) groups excluding carboxylic acids is 3. The van der Waals surface area contributed by atoms with E-state index < -0.39 is 35.8 Å². The van der Waals surface area contributed by atoms with Gasteiger partial charge in [-0.25, -0.2) is 14.8 Å². The molecular weight excluding hydrogens is 516 g/mol. The van der Waals surface area contributed by atoms with Gasteiger partial charge in [0.15, 0.2) is 6.10 Å².